The minimum absolute atomic E-state index is 0.783. The number of nitrogens with zero attached hydrogens (tertiary/aromatic N) is 5. The maximum Gasteiger partial charge on any atom is 0.176 e. The predicted molar refractivity (Wildman–Crippen MR) is 64.4 cm³/mol. The van der Waals surface area contributed by atoms with Gasteiger partial charge in [-0.3, -0.25) is 0 Å². The lowest BCUT2D eigenvalue weighted by Gasteiger charge is -2.02. The minimum Gasteiger partial charge on any atom is -0.347 e. The van der Waals surface area contributed by atoms with Gasteiger partial charge in [-0.2, -0.15) is 4.80 Å². The van der Waals surface area contributed by atoms with E-state index in [1.54, 1.807) is 7.05 Å². The van der Waals surface area contributed by atoms with Crippen molar-refractivity contribution < 1.29 is 0 Å². The molecule has 0 aliphatic heterocycles. The molecule has 2 aromatic heterocycles. The van der Waals surface area contributed by atoms with Crippen LogP contribution in [0.15, 0.2) is 36.5 Å². The van der Waals surface area contributed by atoms with E-state index >= 15 is 0 Å². The van der Waals surface area contributed by atoms with Gasteiger partial charge in [-0.25, -0.2) is 0 Å². The lowest BCUT2D eigenvalue weighted by atomic mass is 10.2. The molecule has 86 valence electrons. The zero-order valence-electron chi connectivity index (χ0n) is 9.61. The summed E-state index contributed by atoms with van der Waals surface area (Å²) in [6.45, 7) is 0.874. The second-order valence-corrected chi connectivity index (χ2v) is 4.01. The molecule has 3 aromatic rings. The number of hydrogen-bond donors (Lipinski definition) is 0. The van der Waals surface area contributed by atoms with Crippen molar-refractivity contribution in [3.8, 4) is 0 Å². The second kappa shape index (κ2) is 4.01. The van der Waals surface area contributed by atoms with E-state index in [0.717, 1.165) is 18.8 Å². The van der Waals surface area contributed by atoms with Crippen LogP contribution in [-0.2, 0) is 20.0 Å². The lowest BCUT2D eigenvalue weighted by Crippen LogP contribution is -2.01. The number of benzene rings is 1. The first-order valence-corrected chi connectivity index (χ1v) is 5.60. The Kier molecular flexibility index (Phi) is 2.36. The van der Waals surface area contributed by atoms with E-state index in [1.165, 1.54) is 15.7 Å². The Balaban J connectivity index is 1.81. The van der Waals surface area contributed by atoms with Gasteiger partial charge in [-0.15, -0.1) is 10.2 Å². The van der Waals surface area contributed by atoms with Crippen LogP contribution in [0.25, 0.3) is 10.9 Å². The number of tetrazole rings is 1. The number of aryl methyl sites for hydroxylation is 3. The first kappa shape index (κ1) is 10.0. The molecule has 5 nitrogen and oxygen atoms in total. The minimum atomic E-state index is 0.783. The molecular formula is C12H13N5. The molecule has 3 rings (SSSR count). The van der Waals surface area contributed by atoms with Crippen LogP contribution in [0.2, 0.25) is 0 Å². The van der Waals surface area contributed by atoms with Crippen molar-refractivity contribution in [3.05, 3.63) is 42.4 Å². The molecule has 0 unspecified atom stereocenters. The van der Waals surface area contributed by atoms with Gasteiger partial charge in [0.05, 0.1) is 7.05 Å². The van der Waals surface area contributed by atoms with Crippen molar-refractivity contribution in [1.29, 1.82) is 0 Å². The fourth-order valence-corrected chi connectivity index (χ4v) is 1.98. The standard InChI is InChI=1S/C12H13N5/c1-16-14-12(13-15-16)7-9-17-8-6-10-4-2-3-5-11(10)17/h2-6,8H,7,9H2,1H3. The molecule has 0 saturated heterocycles. The summed E-state index contributed by atoms with van der Waals surface area (Å²) in [5.41, 5.74) is 1.25. The van der Waals surface area contributed by atoms with E-state index in [2.05, 4.69) is 56.5 Å². The van der Waals surface area contributed by atoms with Gasteiger partial charge in [0.2, 0.25) is 0 Å². The number of hydrogen-bond acceptors (Lipinski definition) is 3. The Morgan fingerprint density at radius 3 is 2.88 bits per heavy atom. The van der Waals surface area contributed by atoms with Crippen molar-refractivity contribution >= 4 is 10.9 Å². The van der Waals surface area contributed by atoms with Crippen molar-refractivity contribution in [3.63, 3.8) is 0 Å². The number of rotatable bonds is 3. The first-order chi connectivity index (χ1) is 8.33. The normalized spacial score (nSPS) is 11.1. The average molecular weight is 227 g/mol. The smallest absolute Gasteiger partial charge is 0.176 e. The van der Waals surface area contributed by atoms with Crippen LogP contribution in [0.4, 0.5) is 0 Å². The Hall–Kier alpha value is -2.17. The molecule has 0 atom stereocenters. The highest BCUT2D eigenvalue weighted by atomic mass is 15.6. The molecule has 0 fully saturated rings. The second-order valence-electron chi connectivity index (χ2n) is 4.01. The molecule has 0 spiro atoms. The van der Waals surface area contributed by atoms with Crippen LogP contribution in [0.1, 0.15) is 5.82 Å². The summed E-state index contributed by atoms with van der Waals surface area (Å²) in [5, 5.41) is 13.2. The van der Waals surface area contributed by atoms with Crippen molar-refractivity contribution in [2.24, 2.45) is 7.05 Å². The van der Waals surface area contributed by atoms with Crippen LogP contribution in [-0.4, -0.2) is 24.8 Å². The van der Waals surface area contributed by atoms with Gasteiger partial charge >= 0.3 is 0 Å². The lowest BCUT2D eigenvalue weighted by molar-refractivity contribution is 0.624. The summed E-state index contributed by atoms with van der Waals surface area (Å²) in [7, 11) is 1.78. The molecule has 1 aromatic carbocycles. The van der Waals surface area contributed by atoms with Crippen molar-refractivity contribution in [1.82, 2.24) is 24.8 Å². The number of aromatic nitrogens is 5. The maximum atomic E-state index is 4.17. The predicted octanol–water partition coefficient (Wildman–Crippen LogP) is 1.41. The molecular weight excluding hydrogens is 214 g/mol. The highest BCUT2D eigenvalue weighted by Crippen LogP contribution is 2.15. The zero-order chi connectivity index (χ0) is 11.7. The Morgan fingerprint density at radius 1 is 1.18 bits per heavy atom. The van der Waals surface area contributed by atoms with E-state index in [4.69, 9.17) is 0 Å². The van der Waals surface area contributed by atoms with Crippen LogP contribution in [0, 0.1) is 0 Å². The van der Waals surface area contributed by atoms with Crippen molar-refractivity contribution in [2.45, 2.75) is 13.0 Å². The highest BCUT2D eigenvalue weighted by Gasteiger charge is 2.03. The van der Waals surface area contributed by atoms with Crippen LogP contribution >= 0.6 is 0 Å². The zero-order valence-corrected chi connectivity index (χ0v) is 9.61. The summed E-state index contributed by atoms with van der Waals surface area (Å²) < 4.78 is 2.21. The van der Waals surface area contributed by atoms with E-state index in [1.807, 2.05) is 0 Å². The topological polar surface area (TPSA) is 48.5 Å². The van der Waals surface area contributed by atoms with E-state index in [9.17, 15) is 0 Å². The highest BCUT2D eigenvalue weighted by molar-refractivity contribution is 5.79. The van der Waals surface area contributed by atoms with Gasteiger partial charge in [0.1, 0.15) is 0 Å². The van der Waals surface area contributed by atoms with E-state index in [-0.39, 0.29) is 0 Å². The van der Waals surface area contributed by atoms with Gasteiger partial charge in [0, 0.05) is 24.7 Å². The number of fused-ring (bicyclic) bond motifs is 1. The summed E-state index contributed by atoms with van der Waals surface area (Å²) in [6, 6.07) is 10.5. The third-order valence-electron chi connectivity index (χ3n) is 2.81. The van der Waals surface area contributed by atoms with Gasteiger partial charge in [0.25, 0.3) is 0 Å². The molecule has 0 amide bonds. The first-order valence-electron chi connectivity index (χ1n) is 5.60. The van der Waals surface area contributed by atoms with Crippen LogP contribution in [0.3, 0.4) is 0 Å². The molecule has 0 bridgehead atoms. The summed E-state index contributed by atoms with van der Waals surface area (Å²) >= 11 is 0. The molecule has 0 radical (unpaired) electrons. The molecule has 0 aliphatic carbocycles. The van der Waals surface area contributed by atoms with E-state index < -0.39 is 0 Å². The molecule has 0 saturated carbocycles. The number of para-hydroxylation sites is 1. The van der Waals surface area contributed by atoms with Crippen LogP contribution < -0.4 is 0 Å². The van der Waals surface area contributed by atoms with Crippen molar-refractivity contribution in [2.75, 3.05) is 0 Å². The van der Waals surface area contributed by atoms with Gasteiger partial charge in [-0.1, -0.05) is 18.2 Å². The third-order valence-corrected chi connectivity index (χ3v) is 2.81. The SMILES string of the molecule is Cn1nnc(CCn2ccc3ccccc32)n1. The molecule has 0 aliphatic rings. The molecule has 5 heteroatoms. The Bertz CT molecular complexity index is 637. The average Bonchev–Trinajstić information content (AvgIpc) is 2.93. The summed E-state index contributed by atoms with van der Waals surface area (Å²) in [4.78, 5) is 1.49. The largest absolute Gasteiger partial charge is 0.347 e. The maximum absolute atomic E-state index is 4.17. The molecule has 0 N–H and O–H groups in total. The Labute approximate surface area is 98.7 Å². The van der Waals surface area contributed by atoms with Gasteiger partial charge < -0.3 is 4.57 Å². The Morgan fingerprint density at radius 2 is 2.06 bits per heavy atom. The fourth-order valence-electron chi connectivity index (χ4n) is 1.98. The summed E-state index contributed by atoms with van der Waals surface area (Å²) in [5.74, 6) is 0.783. The monoisotopic (exact) mass is 227 g/mol. The molecule has 17 heavy (non-hydrogen) atoms. The summed E-state index contributed by atoms with van der Waals surface area (Å²) in [6.07, 6.45) is 2.90. The molecule has 2 heterocycles. The third kappa shape index (κ3) is 1.91. The van der Waals surface area contributed by atoms with Gasteiger partial charge in [-0.05, 0) is 22.7 Å². The quantitative estimate of drug-likeness (QED) is 0.679. The van der Waals surface area contributed by atoms with E-state index in [0.29, 0.717) is 0 Å². The fraction of sp³-hybridized carbons (Fsp3) is 0.250. The van der Waals surface area contributed by atoms with Crippen LogP contribution in [0.5, 0.6) is 0 Å². The van der Waals surface area contributed by atoms with Gasteiger partial charge in [0.15, 0.2) is 5.82 Å².